The van der Waals surface area contributed by atoms with Crippen molar-refractivity contribution >= 4 is 36.6 Å². The van der Waals surface area contributed by atoms with E-state index in [4.69, 9.17) is 0 Å². The molecule has 2 N–H and O–H groups in total. The minimum absolute atomic E-state index is 0. The zero-order valence-corrected chi connectivity index (χ0v) is 17.2. The lowest BCUT2D eigenvalue weighted by molar-refractivity contribution is -0.139. The van der Waals surface area contributed by atoms with Gasteiger partial charge in [0, 0.05) is 51.6 Å². The molecule has 2 amide bonds. The lowest BCUT2D eigenvalue weighted by Gasteiger charge is -2.38. The molecular formula is C18H34Cl2N4O2. The zero-order chi connectivity index (χ0) is 16.8. The SMILES string of the molecule is Cl.Cl.O=C(CCC1CCNC1)NCCN1CCN(C(=O)C2CCC2)CC1. The number of amides is 2. The van der Waals surface area contributed by atoms with Crippen LogP contribution in [0.25, 0.3) is 0 Å². The Hall–Kier alpha value is -0.560. The molecule has 6 nitrogen and oxygen atoms in total. The van der Waals surface area contributed by atoms with Crippen LogP contribution in [0.1, 0.15) is 38.5 Å². The first kappa shape index (κ1) is 23.5. The van der Waals surface area contributed by atoms with E-state index in [0.717, 1.165) is 71.6 Å². The van der Waals surface area contributed by atoms with Crippen LogP contribution in [0.5, 0.6) is 0 Å². The summed E-state index contributed by atoms with van der Waals surface area (Å²) in [6, 6.07) is 0. The van der Waals surface area contributed by atoms with Gasteiger partial charge in [-0.2, -0.15) is 0 Å². The highest BCUT2D eigenvalue weighted by atomic mass is 35.5. The van der Waals surface area contributed by atoms with Gasteiger partial charge in [-0.15, -0.1) is 24.8 Å². The Balaban J connectivity index is 0.00000169. The van der Waals surface area contributed by atoms with E-state index in [1.54, 1.807) is 0 Å². The average molecular weight is 409 g/mol. The second-order valence-corrected chi connectivity index (χ2v) is 7.54. The molecule has 3 aliphatic rings. The molecule has 0 spiro atoms. The quantitative estimate of drug-likeness (QED) is 0.665. The zero-order valence-electron chi connectivity index (χ0n) is 15.6. The van der Waals surface area contributed by atoms with E-state index < -0.39 is 0 Å². The van der Waals surface area contributed by atoms with Crippen molar-refractivity contribution in [1.82, 2.24) is 20.4 Å². The molecule has 2 heterocycles. The molecule has 26 heavy (non-hydrogen) atoms. The molecule has 1 atom stereocenters. The summed E-state index contributed by atoms with van der Waals surface area (Å²) in [7, 11) is 0. The molecule has 2 saturated heterocycles. The number of halogens is 2. The van der Waals surface area contributed by atoms with Crippen LogP contribution in [-0.2, 0) is 9.59 Å². The highest BCUT2D eigenvalue weighted by Crippen LogP contribution is 2.28. The number of hydrogen-bond donors (Lipinski definition) is 2. The monoisotopic (exact) mass is 408 g/mol. The van der Waals surface area contributed by atoms with E-state index >= 15 is 0 Å². The summed E-state index contributed by atoms with van der Waals surface area (Å²) in [6.07, 6.45) is 6.24. The van der Waals surface area contributed by atoms with Crippen LogP contribution in [-0.4, -0.2) is 74.0 Å². The molecule has 0 aromatic rings. The van der Waals surface area contributed by atoms with Crippen molar-refractivity contribution in [1.29, 1.82) is 0 Å². The largest absolute Gasteiger partial charge is 0.355 e. The van der Waals surface area contributed by atoms with Gasteiger partial charge in [-0.3, -0.25) is 14.5 Å². The fourth-order valence-electron chi connectivity index (χ4n) is 3.84. The van der Waals surface area contributed by atoms with Gasteiger partial charge in [0.25, 0.3) is 0 Å². The van der Waals surface area contributed by atoms with Crippen molar-refractivity contribution in [3.8, 4) is 0 Å². The maximum atomic E-state index is 12.2. The highest BCUT2D eigenvalue weighted by Gasteiger charge is 2.31. The first-order valence-electron chi connectivity index (χ1n) is 9.71. The minimum Gasteiger partial charge on any atom is -0.355 e. The van der Waals surface area contributed by atoms with Gasteiger partial charge in [0.2, 0.25) is 11.8 Å². The third kappa shape index (κ3) is 6.87. The van der Waals surface area contributed by atoms with E-state index in [2.05, 4.69) is 15.5 Å². The van der Waals surface area contributed by atoms with Crippen LogP contribution in [0.15, 0.2) is 0 Å². The van der Waals surface area contributed by atoms with Gasteiger partial charge >= 0.3 is 0 Å². The van der Waals surface area contributed by atoms with Crippen molar-refractivity contribution in [2.75, 3.05) is 52.4 Å². The van der Waals surface area contributed by atoms with Gasteiger partial charge in [-0.05, 0) is 44.7 Å². The standard InChI is InChI=1S/C18H32N4O2.2ClH/c23-17(5-4-15-6-7-19-14-15)20-8-9-21-10-12-22(13-11-21)18(24)16-2-1-3-16;;/h15-16,19H,1-14H2,(H,20,23);2*1H. The molecule has 1 saturated carbocycles. The number of nitrogens with zero attached hydrogens (tertiary/aromatic N) is 2. The van der Waals surface area contributed by atoms with Crippen LogP contribution in [0, 0.1) is 11.8 Å². The van der Waals surface area contributed by atoms with E-state index in [0.29, 0.717) is 24.2 Å². The van der Waals surface area contributed by atoms with Crippen molar-refractivity contribution in [2.45, 2.75) is 38.5 Å². The molecule has 0 aromatic carbocycles. The van der Waals surface area contributed by atoms with Crippen LogP contribution in [0.4, 0.5) is 0 Å². The predicted octanol–water partition coefficient (Wildman–Crippen LogP) is 1.28. The Bertz CT molecular complexity index is 435. The Morgan fingerprint density at radius 2 is 1.77 bits per heavy atom. The minimum atomic E-state index is 0. The summed E-state index contributed by atoms with van der Waals surface area (Å²) in [4.78, 5) is 28.5. The van der Waals surface area contributed by atoms with Gasteiger partial charge in [0.1, 0.15) is 0 Å². The van der Waals surface area contributed by atoms with Crippen molar-refractivity contribution < 1.29 is 9.59 Å². The normalized spacial score (nSPS) is 23.5. The molecule has 152 valence electrons. The molecular weight excluding hydrogens is 375 g/mol. The predicted molar refractivity (Wildman–Crippen MR) is 108 cm³/mol. The molecule has 0 radical (unpaired) electrons. The maximum absolute atomic E-state index is 12.2. The van der Waals surface area contributed by atoms with Crippen LogP contribution in [0.3, 0.4) is 0 Å². The van der Waals surface area contributed by atoms with Gasteiger partial charge in [0.15, 0.2) is 0 Å². The molecule has 0 aromatic heterocycles. The van der Waals surface area contributed by atoms with Gasteiger partial charge in [-0.1, -0.05) is 6.42 Å². The van der Waals surface area contributed by atoms with E-state index in [-0.39, 0.29) is 30.7 Å². The number of piperazine rings is 1. The van der Waals surface area contributed by atoms with Crippen molar-refractivity contribution in [3.05, 3.63) is 0 Å². The van der Waals surface area contributed by atoms with Crippen LogP contribution >= 0.6 is 24.8 Å². The second kappa shape index (κ2) is 12.0. The topological polar surface area (TPSA) is 64.7 Å². The third-order valence-corrected chi connectivity index (χ3v) is 5.83. The fraction of sp³-hybridized carbons (Fsp3) is 0.889. The Morgan fingerprint density at radius 3 is 2.35 bits per heavy atom. The molecule has 0 bridgehead atoms. The second-order valence-electron chi connectivity index (χ2n) is 7.54. The van der Waals surface area contributed by atoms with Crippen molar-refractivity contribution in [2.24, 2.45) is 11.8 Å². The van der Waals surface area contributed by atoms with E-state index in [1.807, 2.05) is 4.90 Å². The first-order chi connectivity index (χ1) is 11.7. The summed E-state index contributed by atoms with van der Waals surface area (Å²) >= 11 is 0. The summed E-state index contributed by atoms with van der Waals surface area (Å²) in [5.41, 5.74) is 0. The summed E-state index contributed by atoms with van der Waals surface area (Å²) in [5.74, 6) is 1.54. The molecule has 1 aliphatic carbocycles. The van der Waals surface area contributed by atoms with Crippen LogP contribution < -0.4 is 10.6 Å². The highest BCUT2D eigenvalue weighted by molar-refractivity contribution is 5.85. The third-order valence-electron chi connectivity index (χ3n) is 5.83. The van der Waals surface area contributed by atoms with Crippen molar-refractivity contribution in [3.63, 3.8) is 0 Å². The lowest BCUT2D eigenvalue weighted by Crippen LogP contribution is -2.52. The average Bonchev–Trinajstić information content (AvgIpc) is 3.05. The number of carbonyl (C=O) groups is 2. The number of nitrogens with one attached hydrogen (secondary N) is 2. The Kier molecular flexibility index (Phi) is 10.8. The first-order valence-corrected chi connectivity index (χ1v) is 9.71. The Labute approximate surface area is 169 Å². The molecule has 1 unspecified atom stereocenters. The molecule has 2 aliphatic heterocycles. The fourth-order valence-corrected chi connectivity index (χ4v) is 3.84. The number of hydrogen-bond acceptors (Lipinski definition) is 4. The Morgan fingerprint density at radius 1 is 1.04 bits per heavy atom. The summed E-state index contributed by atoms with van der Waals surface area (Å²) < 4.78 is 0. The molecule has 3 rings (SSSR count). The van der Waals surface area contributed by atoms with Gasteiger partial charge in [-0.25, -0.2) is 0 Å². The number of rotatable bonds is 7. The van der Waals surface area contributed by atoms with Gasteiger partial charge < -0.3 is 15.5 Å². The smallest absolute Gasteiger partial charge is 0.225 e. The summed E-state index contributed by atoms with van der Waals surface area (Å²) in [6.45, 7) is 7.33. The van der Waals surface area contributed by atoms with Gasteiger partial charge in [0.05, 0.1) is 0 Å². The molecule has 3 fully saturated rings. The molecule has 8 heteroatoms. The summed E-state index contributed by atoms with van der Waals surface area (Å²) in [5, 5.41) is 6.38. The van der Waals surface area contributed by atoms with E-state index in [9.17, 15) is 9.59 Å². The maximum Gasteiger partial charge on any atom is 0.225 e. The van der Waals surface area contributed by atoms with Crippen LogP contribution in [0.2, 0.25) is 0 Å². The van der Waals surface area contributed by atoms with E-state index in [1.165, 1.54) is 12.8 Å². The lowest BCUT2D eigenvalue weighted by atomic mass is 9.84. The number of carbonyl (C=O) groups excluding carboxylic acids is 2.